The topological polar surface area (TPSA) is 79.7 Å². The number of ketones is 1. The van der Waals surface area contributed by atoms with Crippen LogP contribution in [0.5, 0.6) is 5.75 Å². The lowest BCUT2D eigenvalue weighted by atomic mass is 9.95. The number of rotatable bonds is 7. The molecule has 0 fully saturated rings. The van der Waals surface area contributed by atoms with Gasteiger partial charge in [0.25, 0.3) is 5.91 Å². The lowest BCUT2D eigenvalue weighted by molar-refractivity contribution is -0.117. The third-order valence-electron chi connectivity index (χ3n) is 5.61. The van der Waals surface area contributed by atoms with E-state index in [-0.39, 0.29) is 11.4 Å². The predicted octanol–water partition coefficient (Wildman–Crippen LogP) is 6.24. The molecular weight excluding hydrogens is 468 g/mol. The molecule has 0 aliphatic carbocycles. The van der Waals surface area contributed by atoms with E-state index in [1.807, 2.05) is 56.3 Å². The molecule has 1 N–H and O–H groups in total. The highest BCUT2D eigenvalue weighted by Crippen LogP contribution is 2.44. The average molecular weight is 491 g/mol. The Kier molecular flexibility index (Phi) is 5.93. The largest absolute Gasteiger partial charge is 0.503 e. The van der Waals surface area contributed by atoms with Gasteiger partial charge in [-0.25, -0.2) is 4.98 Å². The van der Waals surface area contributed by atoms with Crippen LogP contribution >= 0.6 is 22.7 Å². The molecule has 1 aliphatic heterocycles. The summed E-state index contributed by atoms with van der Waals surface area (Å²) in [7, 11) is 0. The van der Waals surface area contributed by atoms with Crippen molar-refractivity contribution >= 4 is 49.7 Å². The van der Waals surface area contributed by atoms with Crippen molar-refractivity contribution in [2.24, 2.45) is 0 Å². The van der Waals surface area contributed by atoms with Gasteiger partial charge in [0, 0.05) is 0 Å². The Morgan fingerprint density at radius 1 is 1.18 bits per heavy atom. The first kappa shape index (κ1) is 22.3. The number of aliphatic hydroxyl groups excluding tert-OH is 1. The lowest BCUT2D eigenvalue weighted by Crippen LogP contribution is -2.30. The van der Waals surface area contributed by atoms with Gasteiger partial charge in [0.15, 0.2) is 10.9 Å². The Morgan fingerprint density at radius 3 is 2.68 bits per heavy atom. The Balaban J connectivity index is 1.62. The molecule has 0 spiro atoms. The van der Waals surface area contributed by atoms with E-state index >= 15 is 0 Å². The highest BCUT2D eigenvalue weighted by atomic mass is 32.1. The van der Waals surface area contributed by atoms with Crippen LogP contribution in [0.25, 0.3) is 10.2 Å². The number of hydrogen-bond acceptors (Lipinski definition) is 7. The maximum atomic E-state index is 13.4. The molecule has 6 nitrogen and oxygen atoms in total. The molecular formula is C26H22N2O4S2. The zero-order valence-corrected chi connectivity index (χ0v) is 20.3. The van der Waals surface area contributed by atoms with Crippen LogP contribution in [0.1, 0.15) is 40.2 Å². The maximum Gasteiger partial charge on any atom is 0.296 e. The van der Waals surface area contributed by atoms with E-state index in [9.17, 15) is 14.7 Å². The number of aliphatic hydroxyl groups is 1. The Hall–Kier alpha value is -3.49. The maximum absolute atomic E-state index is 13.4. The SMILES string of the molecule is CCCOc1ccc([C@H]2C(C(=O)c3cccs3)=C(O)C(=O)N2c2nc3ccc(C)cc3s2)cc1. The number of benzene rings is 2. The van der Waals surface area contributed by atoms with Crippen molar-refractivity contribution in [2.45, 2.75) is 26.3 Å². The number of ether oxygens (including phenoxy) is 1. The summed E-state index contributed by atoms with van der Waals surface area (Å²) in [5.74, 6) is -0.829. The van der Waals surface area contributed by atoms with E-state index < -0.39 is 17.7 Å². The van der Waals surface area contributed by atoms with Gasteiger partial charge in [-0.1, -0.05) is 42.5 Å². The van der Waals surface area contributed by atoms with Crippen molar-refractivity contribution in [3.63, 3.8) is 0 Å². The third-order valence-corrected chi connectivity index (χ3v) is 7.49. The van der Waals surface area contributed by atoms with Crippen LogP contribution in [-0.2, 0) is 4.79 Å². The quantitative estimate of drug-likeness (QED) is 0.310. The molecule has 34 heavy (non-hydrogen) atoms. The lowest BCUT2D eigenvalue weighted by Gasteiger charge is -2.24. The van der Waals surface area contributed by atoms with Crippen LogP contribution in [0, 0.1) is 6.92 Å². The highest BCUT2D eigenvalue weighted by Gasteiger charge is 2.46. The van der Waals surface area contributed by atoms with Crippen molar-refractivity contribution < 1.29 is 19.4 Å². The second kappa shape index (κ2) is 9.04. The molecule has 0 saturated carbocycles. The number of carbonyl (C=O) groups excluding carboxylic acids is 2. The number of aromatic nitrogens is 1. The minimum Gasteiger partial charge on any atom is -0.503 e. The van der Waals surface area contributed by atoms with Crippen molar-refractivity contribution in [3.05, 3.63) is 87.3 Å². The second-order valence-electron chi connectivity index (χ2n) is 8.03. The fourth-order valence-electron chi connectivity index (χ4n) is 3.98. The Labute approximate surface area is 204 Å². The molecule has 2 aromatic carbocycles. The van der Waals surface area contributed by atoms with E-state index in [0.717, 1.165) is 22.2 Å². The van der Waals surface area contributed by atoms with Crippen LogP contribution in [0.15, 0.2) is 71.3 Å². The second-order valence-corrected chi connectivity index (χ2v) is 9.99. The summed E-state index contributed by atoms with van der Waals surface area (Å²) in [6.45, 7) is 4.63. The van der Waals surface area contributed by atoms with Gasteiger partial charge in [0.2, 0.25) is 5.78 Å². The molecule has 5 rings (SSSR count). The summed E-state index contributed by atoms with van der Waals surface area (Å²) < 4.78 is 6.63. The van der Waals surface area contributed by atoms with Gasteiger partial charge in [-0.05, 0) is 60.2 Å². The number of anilines is 1. The molecule has 0 saturated heterocycles. The predicted molar refractivity (Wildman–Crippen MR) is 135 cm³/mol. The molecule has 2 aromatic heterocycles. The summed E-state index contributed by atoms with van der Waals surface area (Å²) in [5, 5.41) is 13.1. The summed E-state index contributed by atoms with van der Waals surface area (Å²) in [5.41, 5.74) is 2.60. The smallest absolute Gasteiger partial charge is 0.296 e. The van der Waals surface area contributed by atoms with Crippen LogP contribution in [0.3, 0.4) is 0 Å². The molecule has 0 bridgehead atoms. The molecule has 172 valence electrons. The number of thiophene rings is 1. The van der Waals surface area contributed by atoms with E-state index in [0.29, 0.717) is 27.9 Å². The van der Waals surface area contributed by atoms with Gasteiger partial charge >= 0.3 is 0 Å². The van der Waals surface area contributed by atoms with Crippen molar-refractivity contribution in [1.29, 1.82) is 0 Å². The number of fused-ring (bicyclic) bond motifs is 1. The normalized spacial score (nSPS) is 16.0. The molecule has 0 radical (unpaired) electrons. The number of amides is 1. The van der Waals surface area contributed by atoms with Gasteiger partial charge in [-0.15, -0.1) is 11.3 Å². The third kappa shape index (κ3) is 3.89. The molecule has 4 aromatic rings. The number of nitrogens with zero attached hydrogens (tertiary/aromatic N) is 2. The zero-order valence-electron chi connectivity index (χ0n) is 18.6. The molecule has 0 unspecified atom stereocenters. The first-order valence-electron chi connectivity index (χ1n) is 10.9. The summed E-state index contributed by atoms with van der Waals surface area (Å²) in [4.78, 5) is 33.3. The van der Waals surface area contributed by atoms with Crippen molar-refractivity contribution in [1.82, 2.24) is 4.98 Å². The summed E-state index contributed by atoms with van der Waals surface area (Å²) in [6, 6.07) is 15.8. The van der Waals surface area contributed by atoms with Gasteiger partial charge in [0.1, 0.15) is 5.75 Å². The number of carbonyl (C=O) groups is 2. The number of aryl methyl sites for hydroxylation is 1. The van der Waals surface area contributed by atoms with Crippen LogP contribution < -0.4 is 9.64 Å². The van der Waals surface area contributed by atoms with E-state index in [1.165, 1.54) is 27.6 Å². The number of hydrogen-bond donors (Lipinski definition) is 1. The van der Waals surface area contributed by atoms with Gasteiger partial charge < -0.3 is 9.84 Å². The number of thiazole rings is 1. The fraction of sp³-hybridized carbons (Fsp3) is 0.192. The monoisotopic (exact) mass is 490 g/mol. The van der Waals surface area contributed by atoms with Gasteiger partial charge in [0.05, 0.1) is 33.3 Å². The molecule has 3 heterocycles. The molecule has 1 amide bonds. The van der Waals surface area contributed by atoms with Crippen molar-refractivity contribution in [2.75, 3.05) is 11.5 Å². The minimum absolute atomic E-state index is 0.0603. The average Bonchev–Trinajstić information content (AvgIpc) is 3.56. The fourth-order valence-corrected chi connectivity index (χ4v) is 5.75. The van der Waals surface area contributed by atoms with Gasteiger partial charge in [-0.3, -0.25) is 14.5 Å². The van der Waals surface area contributed by atoms with E-state index in [2.05, 4.69) is 4.98 Å². The molecule has 8 heteroatoms. The van der Waals surface area contributed by atoms with E-state index in [4.69, 9.17) is 4.74 Å². The van der Waals surface area contributed by atoms with Crippen LogP contribution in [0.2, 0.25) is 0 Å². The Bertz CT molecular complexity index is 1400. The zero-order chi connectivity index (χ0) is 23.8. The van der Waals surface area contributed by atoms with Gasteiger partial charge in [-0.2, -0.15) is 0 Å². The first-order valence-corrected chi connectivity index (χ1v) is 12.6. The highest BCUT2D eigenvalue weighted by molar-refractivity contribution is 7.22. The van der Waals surface area contributed by atoms with Crippen molar-refractivity contribution in [3.8, 4) is 5.75 Å². The molecule has 1 atom stereocenters. The number of Topliss-reactive ketones (excluding diaryl/α,β-unsaturated/α-hetero) is 1. The molecule has 1 aliphatic rings. The van der Waals surface area contributed by atoms with E-state index in [1.54, 1.807) is 17.5 Å². The minimum atomic E-state index is -0.802. The van der Waals surface area contributed by atoms with Crippen LogP contribution in [0.4, 0.5) is 5.13 Å². The van der Waals surface area contributed by atoms with Crippen LogP contribution in [-0.4, -0.2) is 28.4 Å². The standard InChI is InChI=1S/C26H22N2O4S2/c1-3-12-32-17-9-7-16(8-10-17)22-21(23(29)19-5-4-13-33-19)24(30)25(31)28(22)26-27-18-11-6-15(2)14-20(18)34-26/h4-11,13-14,22,30H,3,12H2,1-2H3/t22-/m0/s1. The Morgan fingerprint density at radius 2 is 1.97 bits per heavy atom. The summed E-state index contributed by atoms with van der Waals surface area (Å²) >= 11 is 2.64. The summed E-state index contributed by atoms with van der Waals surface area (Å²) in [6.07, 6.45) is 0.889. The first-order chi connectivity index (χ1) is 16.5.